The number of benzene rings is 1. The van der Waals surface area contributed by atoms with Gasteiger partial charge in [0.05, 0.1) is 22.3 Å². The maximum Gasteiger partial charge on any atom is 0.198 e. The Morgan fingerprint density at radius 2 is 1.96 bits per heavy atom. The van der Waals surface area contributed by atoms with Crippen LogP contribution in [0.1, 0.15) is 66.8 Å². The van der Waals surface area contributed by atoms with E-state index in [1.54, 1.807) is 39.0 Å². The van der Waals surface area contributed by atoms with Crippen molar-refractivity contribution in [3.05, 3.63) is 51.3 Å². The maximum atomic E-state index is 13.0. The number of aromatic nitrogens is 1. The lowest BCUT2D eigenvalue weighted by Gasteiger charge is -2.20. The molecule has 0 atom stereocenters. The SMILES string of the molecule is CC(C)(C)S(=O)(=O)Cc1cc(Br)ccc1C(=O)c1cnoc1C1CC1. The van der Waals surface area contributed by atoms with Crippen molar-refractivity contribution in [2.24, 2.45) is 0 Å². The number of rotatable bonds is 5. The van der Waals surface area contributed by atoms with Crippen molar-refractivity contribution in [2.75, 3.05) is 0 Å². The van der Waals surface area contributed by atoms with Gasteiger partial charge in [-0.3, -0.25) is 4.79 Å². The van der Waals surface area contributed by atoms with Crippen molar-refractivity contribution in [3.63, 3.8) is 0 Å². The molecule has 0 aliphatic heterocycles. The largest absolute Gasteiger partial charge is 0.360 e. The Kier molecular flexibility index (Phi) is 4.66. The van der Waals surface area contributed by atoms with Gasteiger partial charge in [-0.2, -0.15) is 0 Å². The molecule has 1 aliphatic carbocycles. The lowest BCUT2D eigenvalue weighted by molar-refractivity contribution is 0.103. The van der Waals surface area contributed by atoms with Gasteiger partial charge in [0, 0.05) is 16.0 Å². The van der Waals surface area contributed by atoms with E-state index in [0.29, 0.717) is 22.5 Å². The third-order valence-corrected chi connectivity index (χ3v) is 7.43. The van der Waals surface area contributed by atoms with E-state index in [-0.39, 0.29) is 17.5 Å². The Morgan fingerprint density at radius 3 is 2.56 bits per heavy atom. The van der Waals surface area contributed by atoms with Crippen LogP contribution in [0.2, 0.25) is 0 Å². The number of hydrogen-bond donors (Lipinski definition) is 0. The van der Waals surface area contributed by atoms with Crippen molar-refractivity contribution < 1.29 is 17.7 Å². The first-order chi connectivity index (χ1) is 11.6. The molecule has 0 saturated heterocycles. The highest BCUT2D eigenvalue weighted by Crippen LogP contribution is 2.42. The van der Waals surface area contributed by atoms with E-state index < -0.39 is 14.6 Å². The van der Waals surface area contributed by atoms with Gasteiger partial charge in [0.25, 0.3) is 0 Å². The number of nitrogens with zero attached hydrogens (tertiary/aromatic N) is 1. The summed E-state index contributed by atoms with van der Waals surface area (Å²) in [5.74, 6) is 0.423. The molecule has 0 bridgehead atoms. The summed E-state index contributed by atoms with van der Waals surface area (Å²) in [5.41, 5.74) is 1.29. The molecule has 1 saturated carbocycles. The molecule has 5 nitrogen and oxygen atoms in total. The second-order valence-electron chi connectivity index (χ2n) is 7.38. The second kappa shape index (κ2) is 6.36. The number of halogens is 1. The van der Waals surface area contributed by atoms with E-state index in [1.807, 2.05) is 0 Å². The summed E-state index contributed by atoms with van der Waals surface area (Å²) in [6.45, 7) is 4.98. The highest BCUT2D eigenvalue weighted by Gasteiger charge is 2.34. The first kappa shape index (κ1) is 18.3. The molecule has 25 heavy (non-hydrogen) atoms. The minimum Gasteiger partial charge on any atom is -0.360 e. The van der Waals surface area contributed by atoms with Crippen LogP contribution >= 0.6 is 15.9 Å². The van der Waals surface area contributed by atoms with Gasteiger partial charge in [-0.25, -0.2) is 8.42 Å². The molecule has 1 heterocycles. The molecule has 0 amide bonds. The zero-order chi connectivity index (χ0) is 18.4. The van der Waals surface area contributed by atoms with Gasteiger partial charge in [-0.15, -0.1) is 0 Å². The van der Waals surface area contributed by atoms with Gasteiger partial charge in [0.1, 0.15) is 0 Å². The van der Waals surface area contributed by atoms with Gasteiger partial charge >= 0.3 is 0 Å². The molecule has 0 radical (unpaired) electrons. The standard InChI is InChI=1S/C18H20BrNO4S/c1-18(2,3)25(22,23)10-12-8-13(19)6-7-14(12)16(21)15-9-20-24-17(15)11-4-5-11/h6-9,11H,4-5,10H2,1-3H3. The van der Waals surface area contributed by atoms with Crippen LogP contribution in [0.15, 0.2) is 33.4 Å². The van der Waals surface area contributed by atoms with E-state index in [1.165, 1.54) is 6.20 Å². The molecule has 134 valence electrons. The molecule has 1 aromatic heterocycles. The van der Waals surface area contributed by atoms with Crippen molar-refractivity contribution in [1.82, 2.24) is 5.16 Å². The fraction of sp³-hybridized carbons (Fsp3) is 0.444. The average Bonchev–Trinajstić information content (AvgIpc) is 3.22. The summed E-state index contributed by atoms with van der Waals surface area (Å²) in [6, 6.07) is 5.09. The van der Waals surface area contributed by atoms with E-state index in [0.717, 1.165) is 17.3 Å². The average molecular weight is 426 g/mol. The van der Waals surface area contributed by atoms with Gasteiger partial charge in [-0.05, 0) is 57.4 Å². The first-order valence-corrected chi connectivity index (χ1v) is 10.5. The van der Waals surface area contributed by atoms with Crippen LogP contribution in [0.3, 0.4) is 0 Å². The zero-order valence-corrected chi connectivity index (χ0v) is 16.8. The van der Waals surface area contributed by atoms with Gasteiger partial charge < -0.3 is 4.52 Å². The summed E-state index contributed by atoms with van der Waals surface area (Å²) in [4.78, 5) is 13.0. The van der Waals surface area contributed by atoms with Crippen LogP contribution in [-0.2, 0) is 15.6 Å². The number of hydrogen-bond acceptors (Lipinski definition) is 5. The molecule has 0 unspecified atom stereocenters. The fourth-order valence-electron chi connectivity index (χ4n) is 2.53. The van der Waals surface area contributed by atoms with Crippen molar-refractivity contribution in [2.45, 2.75) is 50.0 Å². The molecular formula is C18H20BrNO4S. The van der Waals surface area contributed by atoms with E-state index in [9.17, 15) is 13.2 Å². The Balaban J connectivity index is 2.02. The predicted octanol–water partition coefficient (Wildman–Crippen LogP) is 4.26. The number of carbonyl (C=O) groups is 1. The molecular weight excluding hydrogens is 406 g/mol. The molecule has 0 spiro atoms. The Labute approximate surface area is 155 Å². The summed E-state index contributed by atoms with van der Waals surface area (Å²) in [6.07, 6.45) is 3.40. The normalized spacial score (nSPS) is 15.4. The summed E-state index contributed by atoms with van der Waals surface area (Å²) < 4.78 is 30.3. The Morgan fingerprint density at radius 1 is 1.28 bits per heavy atom. The summed E-state index contributed by atoms with van der Waals surface area (Å²) in [7, 11) is -3.42. The van der Waals surface area contributed by atoms with Gasteiger partial charge in [0.2, 0.25) is 0 Å². The number of ketones is 1. The van der Waals surface area contributed by atoms with Gasteiger partial charge in [0.15, 0.2) is 21.4 Å². The highest BCUT2D eigenvalue weighted by atomic mass is 79.9. The molecule has 3 rings (SSSR count). The van der Waals surface area contributed by atoms with Crippen LogP contribution in [0.25, 0.3) is 0 Å². The molecule has 1 fully saturated rings. The third-order valence-electron chi connectivity index (χ3n) is 4.38. The Hall–Kier alpha value is -1.47. The lowest BCUT2D eigenvalue weighted by atomic mass is 9.99. The van der Waals surface area contributed by atoms with Crippen molar-refractivity contribution in [1.29, 1.82) is 0 Å². The molecule has 7 heteroatoms. The third kappa shape index (κ3) is 3.72. The van der Waals surface area contributed by atoms with Crippen LogP contribution in [0, 0.1) is 0 Å². The topological polar surface area (TPSA) is 77.2 Å². The smallest absolute Gasteiger partial charge is 0.198 e. The molecule has 2 aromatic rings. The van der Waals surface area contributed by atoms with Crippen molar-refractivity contribution >= 4 is 31.6 Å². The minimum absolute atomic E-state index is 0.193. The minimum atomic E-state index is -3.42. The second-order valence-corrected chi connectivity index (χ2v) is 11.0. The quantitative estimate of drug-likeness (QED) is 0.668. The van der Waals surface area contributed by atoms with E-state index in [4.69, 9.17) is 4.52 Å². The number of carbonyl (C=O) groups excluding carboxylic acids is 1. The molecule has 1 aromatic carbocycles. The van der Waals surface area contributed by atoms with Crippen LogP contribution < -0.4 is 0 Å². The van der Waals surface area contributed by atoms with E-state index >= 15 is 0 Å². The Bertz CT molecular complexity index is 921. The van der Waals surface area contributed by atoms with Crippen LogP contribution in [-0.4, -0.2) is 24.1 Å². The maximum absolute atomic E-state index is 13.0. The van der Waals surface area contributed by atoms with Crippen LogP contribution in [0.4, 0.5) is 0 Å². The highest BCUT2D eigenvalue weighted by molar-refractivity contribution is 9.10. The summed E-state index contributed by atoms with van der Waals surface area (Å²) >= 11 is 3.36. The number of sulfone groups is 1. The molecule has 0 N–H and O–H groups in total. The van der Waals surface area contributed by atoms with E-state index in [2.05, 4.69) is 21.1 Å². The van der Waals surface area contributed by atoms with Crippen molar-refractivity contribution in [3.8, 4) is 0 Å². The zero-order valence-electron chi connectivity index (χ0n) is 14.4. The van der Waals surface area contributed by atoms with Gasteiger partial charge in [-0.1, -0.05) is 21.1 Å². The molecule has 1 aliphatic rings. The fourth-order valence-corrected chi connectivity index (χ4v) is 4.02. The van der Waals surface area contributed by atoms with Crippen LogP contribution in [0.5, 0.6) is 0 Å². The summed E-state index contributed by atoms with van der Waals surface area (Å²) in [5, 5.41) is 3.77. The predicted molar refractivity (Wildman–Crippen MR) is 98.4 cm³/mol. The first-order valence-electron chi connectivity index (χ1n) is 8.10. The monoisotopic (exact) mass is 425 g/mol. The lowest BCUT2D eigenvalue weighted by Crippen LogP contribution is -2.29.